The van der Waals surface area contributed by atoms with Crippen LogP contribution in [-0.4, -0.2) is 11.5 Å². The molecule has 1 atom stereocenters. The topological polar surface area (TPSA) is 63.0 Å². The largest absolute Gasteiger partial charge is 0.272 e. The minimum atomic E-state index is -0.457. The quantitative estimate of drug-likeness (QED) is 0.528. The lowest BCUT2D eigenvalue weighted by molar-refractivity contribution is -0.385. The van der Waals surface area contributed by atoms with E-state index in [2.05, 4.69) is 0 Å². The molecular weight excluding hydrogens is 170 g/mol. The zero-order valence-corrected chi connectivity index (χ0v) is 7.27. The van der Waals surface area contributed by atoms with Crippen molar-refractivity contribution in [2.75, 3.05) is 6.61 Å². The van der Waals surface area contributed by atoms with Crippen molar-refractivity contribution in [3.63, 3.8) is 0 Å². The van der Waals surface area contributed by atoms with Crippen LogP contribution in [0.1, 0.15) is 18.4 Å². The van der Waals surface area contributed by atoms with Crippen LogP contribution in [-0.2, 0) is 5.11 Å². The van der Waals surface area contributed by atoms with Crippen LogP contribution in [0.5, 0.6) is 0 Å². The highest BCUT2D eigenvalue weighted by molar-refractivity contribution is 5.41. The second-order valence-corrected chi connectivity index (χ2v) is 2.88. The van der Waals surface area contributed by atoms with E-state index in [-0.39, 0.29) is 18.2 Å². The first kappa shape index (κ1) is 9.67. The predicted molar refractivity (Wildman–Crippen MR) is 47.1 cm³/mol. The SMILES string of the molecule is CC(C[O])c1ccccc1[N+](=O)[O-]. The average molecular weight is 180 g/mol. The van der Waals surface area contributed by atoms with Crippen LogP contribution in [0.15, 0.2) is 24.3 Å². The Morgan fingerprint density at radius 2 is 2.08 bits per heavy atom. The van der Waals surface area contributed by atoms with E-state index >= 15 is 0 Å². The molecule has 0 aliphatic carbocycles. The molecule has 1 rings (SSSR count). The Morgan fingerprint density at radius 3 is 2.62 bits per heavy atom. The van der Waals surface area contributed by atoms with Crippen molar-refractivity contribution in [2.45, 2.75) is 12.8 Å². The fraction of sp³-hybridized carbons (Fsp3) is 0.333. The first-order valence-electron chi connectivity index (χ1n) is 3.98. The molecule has 0 amide bonds. The molecule has 4 heteroatoms. The van der Waals surface area contributed by atoms with Gasteiger partial charge >= 0.3 is 0 Å². The van der Waals surface area contributed by atoms with Crippen LogP contribution in [0.3, 0.4) is 0 Å². The number of nitrogens with zero attached hydrogens (tertiary/aromatic N) is 1. The van der Waals surface area contributed by atoms with Crippen molar-refractivity contribution in [1.29, 1.82) is 0 Å². The van der Waals surface area contributed by atoms with Crippen molar-refractivity contribution in [3.8, 4) is 0 Å². The molecule has 0 aromatic heterocycles. The molecule has 0 saturated carbocycles. The fourth-order valence-corrected chi connectivity index (χ4v) is 1.16. The van der Waals surface area contributed by atoms with Gasteiger partial charge in [-0.15, -0.1) is 0 Å². The van der Waals surface area contributed by atoms with E-state index in [1.54, 1.807) is 25.1 Å². The normalized spacial score (nSPS) is 12.5. The molecule has 0 aliphatic rings. The number of nitro groups is 1. The molecule has 4 nitrogen and oxygen atoms in total. The Bertz CT molecular complexity index is 311. The Morgan fingerprint density at radius 1 is 1.46 bits per heavy atom. The fourth-order valence-electron chi connectivity index (χ4n) is 1.16. The zero-order chi connectivity index (χ0) is 9.84. The average Bonchev–Trinajstić information content (AvgIpc) is 2.16. The molecule has 0 aliphatic heterocycles. The van der Waals surface area contributed by atoms with Gasteiger partial charge in [-0.25, -0.2) is 5.11 Å². The lowest BCUT2D eigenvalue weighted by Gasteiger charge is -2.06. The number of benzene rings is 1. The monoisotopic (exact) mass is 180 g/mol. The first-order valence-corrected chi connectivity index (χ1v) is 3.98. The van der Waals surface area contributed by atoms with Crippen molar-refractivity contribution in [1.82, 2.24) is 0 Å². The van der Waals surface area contributed by atoms with Crippen LogP contribution >= 0.6 is 0 Å². The predicted octanol–water partition coefficient (Wildman–Crippen LogP) is 2.13. The Hall–Kier alpha value is -1.42. The van der Waals surface area contributed by atoms with Gasteiger partial charge in [-0.3, -0.25) is 10.1 Å². The third-order valence-corrected chi connectivity index (χ3v) is 1.91. The van der Waals surface area contributed by atoms with Gasteiger partial charge in [-0.05, 0) is 0 Å². The molecule has 1 aromatic carbocycles. The molecule has 0 heterocycles. The second kappa shape index (κ2) is 4.00. The summed E-state index contributed by atoms with van der Waals surface area (Å²) in [5, 5.41) is 21.1. The van der Waals surface area contributed by atoms with Gasteiger partial charge in [-0.1, -0.05) is 25.1 Å². The molecule has 0 fully saturated rings. The Balaban J connectivity index is 3.11. The van der Waals surface area contributed by atoms with Crippen LogP contribution in [0.2, 0.25) is 0 Å². The summed E-state index contributed by atoms with van der Waals surface area (Å²) in [4.78, 5) is 10.1. The number of rotatable bonds is 3. The third kappa shape index (κ3) is 2.03. The van der Waals surface area contributed by atoms with Crippen molar-refractivity contribution in [3.05, 3.63) is 39.9 Å². The molecule has 1 aromatic rings. The van der Waals surface area contributed by atoms with Crippen LogP contribution in [0, 0.1) is 10.1 Å². The molecule has 13 heavy (non-hydrogen) atoms. The van der Waals surface area contributed by atoms with Crippen LogP contribution in [0.4, 0.5) is 5.69 Å². The maximum atomic E-state index is 10.6. The molecule has 0 bridgehead atoms. The summed E-state index contributed by atoms with van der Waals surface area (Å²) in [7, 11) is 0. The van der Waals surface area contributed by atoms with Gasteiger partial charge in [0.05, 0.1) is 11.5 Å². The molecule has 0 N–H and O–H groups in total. The maximum absolute atomic E-state index is 10.6. The van der Waals surface area contributed by atoms with Crippen molar-refractivity contribution in [2.24, 2.45) is 0 Å². The van der Waals surface area contributed by atoms with Crippen molar-refractivity contribution < 1.29 is 10.0 Å². The molecular formula is C9H10NO3. The summed E-state index contributed by atoms with van der Waals surface area (Å²) in [6.07, 6.45) is 0. The van der Waals surface area contributed by atoms with Gasteiger partial charge in [0.1, 0.15) is 0 Å². The van der Waals surface area contributed by atoms with E-state index in [1.807, 2.05) is 0 Å². The van der Waals surface area contributed by atoms with Gasteiger partial charge < -0.3 is 0 Å². The van der Waals surface area contributed by atoms with E-state index in [1.165, 1.54) is 6.07 Å². The van der Waals surface area contributed by atoms with Gasteiger partial charge in [0.15, 0.2) is 0 Å². The number of hydrogen-bond acceptors (Lipinski definition) is 2. The highest BCUT2D eigenvalue weighted by atomic mass is 16.6. The molecule has 0 saturated heterocycles. The third-order valence-electron chi connectivity index (χ3n) is 1.91. The Kier molecular flexibility index (Phi) is 2.97. The van der Waals surface area contributed by atoms with Gasteiger partial charge in [0, 0.05) is 17.5 Å². The highest BCUT2D eigenvalue weighted by Crippen LogP contribution is 2.25. The zero-order valence-electron chi connectivity index (χ0n) is 7.27. The van der Waals surface area contributed by atoms with Gasteiger partial charge in [-0.2, -0.15) is 0 Å². The molecule has 69 valence electrons. The standard InChI is InChI=1S/C9H10NO3/c1-7(6-11)8-4-2-3-5-9(8)10(12)13/h2-5,7H,6H2,1H3. The summed E-state index contributed by atoms with van der Waals surface area (Å²) in [6, 6.07) is 6.34. The summed E-state index contributed by atoms with van der Waals surface area (Å²) in [6.45, 7) is 1.36. The van der Waals surface area contributed by atoms with E-state index < -0.39 is 4.92 Å². The van der Waals surface area contributed by atoms with E-state index in [4.69, 9.17) is 0 Å². The Labute approximate surface area is 76.0 Å². The number of hydrogen-bond donors (Lipinski definition) is 0. The summed E-state index contributed by atoms with van der Waals surface area (Å²) in [5.74, 6) is -0.304. The highest BCUT2D eigenvalue weighted by Gasteiger charge is 2.17. The van der Waals surface area contributed by atoms with Crippen molar-refractivity contribution >= 4 is 5.69 Å². The van der Waals surface area contributed by atoms with Crippen LogP contribution < -0.4 is 0 Å². The summed E-state index contributed by atoms with van der Waals surface area (Å²) >= 11 is 0. The molecule has 1 unspecified atom stereocenters. The minimum absolute atomic E-state index is 0.0332. The molecule has 0 spiro atoms. The lowest BCUT2D eigenvalue weighted by atomic mass is 10.0. The maximum Gasteiger partial charge on any atom is 0.272 e. The van der Waals surface area contributed by atoms with E-state index in [0.29, 0.717) is 5.56 Å². The lowest BCUT2D eigenvalue weighted by Crippen LogP contribution is -2.02. The first-order chi connectivity index (χ1) is 6.16. The molecule has 1 radical (unpaired) electrons. The number of nitro benzene ring substituents is 1. The smallest absolute Gasteiger partial charge is 0.258 e. The minimum Gasteiger partial charge on any atom is -0.258 e. The number of para-hydroxylation sites is 1. The van der Waals surface area contributed by atoms with E-state index in [9.17, 15) is 15.2 Å². The van der Waals surface area contributed by atoms with Crippen LogP contribution in [0.25, 0.3) is 0 Å². The van der Waals surface area contributed by atoms with Gasteiger partial charge in [0.25, 0.3) is 5.69 Å². The summed E-state index contributed by atoms with van der Waals surface area (Å²) in [5.41, 5.74) is 0.549. The van der Waals surface area contributed by atoms with Gasteiger partial charge in [0.2, 0.25) is 0 Å². The van der Waals surface area contributed by atoms with E-state index in [0.717, 1.165) is 0 Å². The summed E-state index contributed by atoms with van der Waals surface area (Å²) < 4.78 is 0. The second-order valence-electron chi connectivity index (χ2n) is 2.88.